The van der Waals surface area contributed by atoms with E-state index in [1.54, 1.807) is 0 Å². The van der Waals surface area contributed by atoms with Gasteiger partial charge >= 0.3 is 0 Å². The molecule has 0 saturated carbocycles. The summed E-state index contributed by atoms with van der Waals surface area (Å²) in [6.45, 7) is 6.11. The molecule has 3 aromatic rings. The second kappa shape index (κ2) is 6.71. The first kappa shape index (κ1) is 16.0. The highest BCUT2D eigenvalue weighted by molar-refractivity contribution is 5.68. The average Bonchev–Trinajstić information content (AvgIpc) is 2.58. The van der Waals surface area contributed by atoms with Crippen molar-refractivity contribution < 1.29 is 0 Å². The zero-order valence-corrected chi connectivity index (χ0v) is 14.5. The summed E-state index contributed by atoms with van der Waals surface area (Å²) in [4.78, 5) is 11.2. The maximum atomic E-state index is 4.57. The molecule has 0 saturated heterocycles. The molecule has 0 radical (unpaired) electrons. The number of hydrogen-bond donors (Lipinski definition) is 1. The maximum absolute atomic E-state index is 4.57. The Bertz CT molecular complexity index is 823. The Morgan fingerprint density at radius 1 is 0.833 bits per heavy atom. The Kier molecular flexibility index (Phi) is 4.47. The van der Waals surface area contributed by atoms with E-state index >= 15 is 0 Å². The summed E-state index contributed by atoms with van der Waals surface area (Å²) in [5, 5.41) is 3.45. The molecule has 122 valence electrons. The lowest BCUT2D eigenvalue weighted by Crippen LogP contribution is -2.13. The number of rotatable bonds is 4. The molecule has 0 bridgehead atoms. The van der Waals surface area contributed by atoms with Gasteiger partial charge in [0, 0.05) is 24.5 Å². The van der Waals surface area contributed by atoms with Gasteiger partial charge in [-0.05, 0) is 44.0 Å². The first-order valence-electron chi connectivity index (χ1n) is 8.02. The van der Waals surface area contributed by atoms with Crippen molar-refractivity contribution in [2.75, 3.05) is 17.3 Å². The first-order valence-corrected chi connectivity index (χ1v) is 8.02. The molecule has 4 nitrogen and oxygen atoms in total. The van der Waals surface area contributed by atoms with Crippen molar-refractivity contribution in [3.63, 3.8) is 0 Å². The smallest absolute Gasteiger partial charge is 0.138 e. The SMILES string of the molecule is Cc1nc(Nc2c(C)cccc2C)cc(N(C)c2ccccc2)n1. The van der Waals surface area contributed by atoms with Crippen molar-refractivity contribution >= 4 is 23.0 Å². The minimum absolute atomic E-state index is 0.740. The predicted octanol–water partition coefficient (Wildman–Crippen LogP) is 4.91. The van der Waals surface area contributed by atoms with E-state index in [1.165, 1.54) is 11.1 Å². The lowest BCUT2D eigenvalue weighted by Gasteiger charge is -2.20. The number of hydrogen-bond acceptors (Lipinski definition) is 4. The van der Waals surface area contributed by atoms with E-state index in [4.69, 9.17) is 0 Å². The van der Waals surface area contributed by atoms with Crippen LogP contribution >= 0.6 is 0 Å². The van der Waals surface area contributed by atoms with Crippen molar-refractivity contribution in [3.8, 4) is 0 Å². The van der Waals surface area contributed by atoms with E-state index in [0.717, 1.165) is 28.8 Å². The van der Waals surface area contributed by atoms with E-state index < -0.39 is 0 Å². The van der Waals surface area contributed by atoms with Crippen LogP contribution in [-0.4, -0.2) is 17.0 Å². The van der Waals surface area contributed by atoms with Crippen LogP contribution in [0.25, 0.3) is 0 Å². The Morgan fingerprint density at radius 2 is 1.50 bits per heavy atom. The number of aryl methyl sites for hydroxylation is 3. The molecule has 1 N–H and O–H groups in total. The summed E-state index contributed by atoms with van der Waals surface area (Å²) in [6, 6.07) is 18.4. The number of aromatic nitrogens is 2. The summed E-state index contributed by atoms with van der Waals surface area (Å²) in [5.41, 5.74) is 4.59. The molecule has 2 aromatic carbocycles. The lowest BCUT2D eigenvalue weighted by atomic mass is 10.1. The number of nitrogens with zero attached hydrogens (tertiary/aromatic N) is 3. The summed E-state index contributed by atoms with van der Waals surface area (Å²) in [7, 11) is 2.01. The van der Waals surface area contributed by atoms with Gasteiger partial charge in [-0.2, -0.15) is 0 Å². The maximum Gasteiger partial charge on any atom is 0.138 e. The van der Waals surface area contributed by atoms with Crippen molar-refractivity contribution in [1.29, 1.82) is 0 Å². The third-order valence-corrected chi connectivity index (χ3v) is 4.05. The van der Waals surface area contributed by atoms with Crippen LogP contribution in [-0.2, 0) is 0 Å². The number of para-hydroxylation sites is 2. The first-order chi connectivity index (χ1) is 11.5. The summed E-state index contributed by atoms with van der Waals surface area (Å²) >= 11 is 0. The van der Waals surface area contributed by atoms with Crippen LogP contribution in [0.5, 0.6) is 0 Å². The molecule has 0 atom stereocenters. The third kappa shape index (κ3) is 3.38. The molecule has 24 heavy (non-hydrogen) atoms. The molecule has 0 unspecified atom stereocenters. The van der Waals surface area contributed by atoms with Gasteiger partial charge in [0.25, 0.3) is 0 Å². The predicted molar refractivity (Wildman–Crippen MR) is 100 cm³/mol. The fourth-order valence-electron chi connectivity index (χ4n) is 2.71. The van der Waals surface area contributed by atoms with Crippen LogP contribution in [0.1, 0.15) is 17.0 Å². The van der Waals surface area contributed by atoms with E-state index in [0.29, 0.717) is 0 Å². The van der Waals surface area contributed by atoms with E-state index in [9.17, 15) is 0 Å². The van der Waals surface area contributed by atoms with Gasteiger partial charge in [-0.1, -0.05) is 36.4 Å². The van der Waals surface area contributed by atoms with Gasteiger partial charge in [0.1, 0.15) is 17.5 Å². The molecular formula is C20H22N4. The van der Waals surface area contributed by atoms with Gasteiger partial charge in [0.2, 0.25) is 0 Å². The lowest BCUT2D eigenvalue weighted by molar-refractivity contribution is 1.02. The van der Waals surface area contributed by atoms with Gasteiger partial charge in [-0.25, -0.2) is 9.97 Å². The van der Waals surface area contributed by atoms with Gasteiger partial charge in [0.05, 0.1) is 0 Å². The van der Waals surface area contributed by atoms with Crippen molar-refractivity contribution in [2.24, 2.45) is 0 Å². The fourth-order valence-corrected chi connectivity index (χ4v) is 2.71. The van der Waals surface area contributed by atoms with Crippen molar-refractivity contribution in [2.45, 2.75) is 20.8 Å². The second-order valence-corrected chi connectivity index (χ2v) is 5.94. The highest BCUT2D eigenvalue weighted by Gasteiger charge is 2.10. The zero-order valence-electron chi connectivity index (χ0n) is 14.5. The highest BCUT2D eigenvalue weighted by atomic mass is 15.2. The van der Waals surface area contributed by atoms with Crippen LogP contribution in [0.3, 0.4) is 0 Å². The van der Waals surface area contributed by atoms with E-state index in [1.807, 2.05) is 38.2 Å². The van der Waals surface area contributed by atoms with Crippen molar-refractivity contribution in [1.82, 2.24) is 9.97 Å². The van der Waals surface area contributed by atoms with E-state index in [2.05, 4.69) is 64.4 Å². The molecule has 1 aromatic heterocycles. The Hall–Kier alpha value is -2.88. The standard InChI is InChI=1S/C20H22N4/c1-14-9-8-10-15(2)20(14)23-18-13-19(22-16(3)21-18)24(4)17-11-6-5-7-12-17/h5-13H,1-4H3,(H,21,22,23). The molecule has 3 rings (SSSR count). The third-order valence-electron chi connectivity index (χ3n) is 4.05. The minimum Gasteiger partial charge on any atom is -0.340 e. The molecule has 0 spiro atoms. The number of benzene rings is 2. The number of nitrogens with one attached hydrogen (secondary N) is 1. The fraction of sp³-hybridized carbons (Fsp3) is 0.200. The summed E-state index contributed by atoms with van der Waals surface area (Å²) in [6.07, 6.45) is 0. The summed E-state index contributed by atoms with van der Waals surface area (Å²) < 4.78 is 0. The molecule has 0 amide bonds. The largest absolute Gasteiger partial charge is 0.340 e. The van der Waals surface area contributed by atoms with Crippen LogP contribution < -0.4 is 10.2 Å². The quantitative estimate of drug-likeness (QED) is 0.742. The molecule has 0 fully saturated rings. The van der Waals surface area contributed by atoms with Crippen LogP contribution in [0.2, 0.25) is 0 Å². The second-order valence-electron chi connectivity index (χ2n) is 5.94. The molecule has 4 heteroatoms. The minimum atomic E-state index is 0.740. The van der Waals surface area contributed by atoms with Gasteiger partial charge in [-0.3, -0.25) is 0 Å². The van der Waals surface area contributed by atoms with Gasteiger partial charge in [-0.15, -0.1) is 0 Å². The Morgan fingerprint density at radius 3 is 2.17 bits per heavy atom. The Balaban J connectivity index is 1.95. The molecule has 0 aliphatic carbocycles. The van der Waals surface area contributed by atoms with Crippen LogP contribution in [0.4, 0.5) is 23.0 Å². The molecule has 1 heterocycles. The molecular weight excluding hydrogens is 296 g/mol. The monoisotopic (exact) mass is 318 g/mol. The van der Waals surface area contributed by atoms with Crippen LogP contribution in [0, 0.1) is 20.8 Å². The molecule has 0 aliphatic rings. The Labute approximate surface area is 143 Å². The van der Waals surface area contributed by atoms with Crippen LogP contribution in [0.15, 0.2) is 54.6 Å². The molecule has 0 aliphatic heterocycles. The highest BCUT2D eigenvalue weighted by Crippen LogP contribution is 2.27. The van der Waals surface area contributed by atoms with Crippen molar-refractivity contribution in [3.05, 3.63) is 71.5 Å². The van der Waals surface area contributed by atoms with Gasteiger partial charge < -0.3 is 10.2 Å². The average molecular weight is 318 g/mol. The number of anilines is 4. The normalized spacial score (nSPS) is 10.5. The van der Waals surface area contributed by atoms with E-state index in [-0.39, 0.29) is 0 Å². The zero-order chi connectivity index (χ0) is 17.1. The van der Waals surface area contributed by atoms with Gasteiger partial charge in [0.15, 0.2) is 0 Å². The topological polar surface area (TPSA) is 41.1 Å². The summed E-state index contributed by atoms with van der Waals surface area (Å²) in [5.74, 6) is 2.41.